The predicted molar refractivity (Wildman–Crippen MR) is 77.2 cm³/mol. The second kappa shape index (κ2) is 6.38. The Hall–Kier alpha value is -1.81. The molecule has 0 aliphatic carbocycles. The molecule has 0 fully saturated rings. The van der Waals surface area contributed by atoms with Gasteiger partial charge in [0.25, 0.3) is 0 Å². The van der Waals surface area contributed by atoms with E-state index in [1.165, 1.54) is 5.56 Å². The van der Waals surface area contributed by atoms with Gasteiger partial charge in [-0.15, -0.1) is 0 Å². The summed E-state index contributed by atoms with van der Waals surface area (Å²) in [5.74, 6) is 0.985. The van der Waals surface area contributed by atoms with Gasteiger partial charge in [-0.3, -0.25) is 0 Å². The van der Waals surface area contributed by atoms with E-state index in [4.69, 9.17) is 4.42 Å². The van der Waals surface area contributed by atoms with E-state index in [-0.39, 0.29) is 0 Å². The molecule has 1 N–H and O–H groups in total. The zero-order valence-corrected chi connectivity index (χ0v) is 11.8. The van der Waals surface area contributed by atoms with Crippen LogP contribution in [0.5, 0.6) is 0 Å². The molecule has 0 aliphatic rings. The summed E-state index contributed by atoms with van der Waals surface area (Å²) in [5.41, 5.74) is 3.48. The summed E-state index contributed by atoms with van der Waals surface area (Å²) in [7, 11) is 2.04. The van der Waals surface area contributed by atoms with Gasteiger partial charge < -0.3 is 14.6 Å². The van der Waals surface area contributed by atoms with Crippen LogP contribution in [0.2, 0.25) is 0 Å². The number of anilines is 1. The van der Waals surface area contributed by atoms with Gasteiger partial charge in [0, 0.05) is 31.4 Å². The monoisotopic (exact) mass is 259 g/mol. The number of hydrogen-bond acceptors (Lipinski definition) is 4. The van der Waals surface area contributed by atoms with Crippen molar-refractivity contribution in [2.45, 2.75) is 26.9 Å². The molecule has 4 nitrogen and oxygen atoms in total. The number of hydrogen-bond donors (Lipinski definition) is 1. The molecular weight excluding hydrogens is 238 g/mol. The summed E-state index contributed by atoms with van der Waals surface area (Å²) >= 11 is 0. The third-order valence-electron chi connectivity index (χ3n) is 3.14. The van der Waals surface area contributed by atoms with E-state index < -0.39 is 0 Å². The lowest BCUT2D eigenvalue weighted by Gasteiger charge is -2.18. The van der Waals surface area contributed by atoms with Gasteiger partial charge in [-0.05, 0) is 31.2 Å². The maximum absolute atomic E-state index is 5.08. The van der Waals surface area contributed by atoms with Crippen LogP contribution in [0.3, 0.4) is 0 Å². The number of aryl methyl sites for hydroxylation is 1. The Kier molecular flexibility index (Phi) is 4.58. The molecule has 0 saturated heterocycles. The van der Waals surface area contributed by atoms with Gasteiger partial charge in [0.15, 0.2) is 0 Å². The van der Waals surface area contributed by atoms with E-state index in [1.807, 2.05) is 13.1 Å². The van der Waals surface area contributed by atoms with Gasteiger partial charge in [-0.2, -0.15) is 0 Å². The highest BCUT2D eigenvalue weighted by Gasteiger charge is 2.07. The molecule has 0 aliphatic heterocycles. The van der Waals surface area contributed by atoms with Crippen molar-refractivity contribution in [3.63, 3.8) is 0 Å². The van der Waals surface area contributed by atoms with Crippen molar-refractivity contribution in [1.29, 1.82) is 0 Å². The normalized spacial score (nSPS) is 10.7. The Morgan fingerprint density at radius 2 is 2.16 bits per heavy atom. The molecule has 0 amide bonds. The largest absolute Gasteiger partial charge is 0.472 e. The molecule has 19 heavy (non-hydrogen) atoms. The fourth-order valence-corrected chi connectivity index (χ4v) is 1.97. The van der Waals surface area contributed by atoms with Crippen molar-refractivity contribution in [1.82, 2.24) is 10.3 Å². The molecule has 0 spiro atoms. The first-order chi connectivity index (χ1) is 9.20. The summed E-state index contributed by atoms with van der Waals surface area (Å²) in [6.07, 6.45) is 3.46. The highest BCUT2D eigenvalue weighted by atomic mass is 16.3. The molecule has 2 rings (SSSR count). The molecule has 4 heteroatoms. The molecule has 0 unspecified atom stereocenters. The number of furan rings is 1. The van der Waals surface area contributed by atoms with Crippen LogP contribution in [0.25, 0.3) is 0 Å². The van der Waals surface area contributed by atoms with Crippen LogP contribution in [-0.2, 0) is 13.1 Å². The zero-order valence-electron chi connectivity index (χ0n) is 11.8. The van der Waals surface area contributed by atoms with Crippen LogP contribution in [0.4, 0.5) is 5.82 Å². The Bertz CT molecular complexity index is 508. The molecule has 2 aromatic heterocycles. The minimum Gasteiger partial charge on any atom is -0.472 e. The fourth-order valence-electron chi connectivity index (χ4n) is 1.97. The molecule has 0 saturated carbocycles. The first-order valence-electron chi connectivity index (χ1n) is 6.60. The summed E-state index contributed by atoms with van der Waals surface area (Å²) in [6.45, 7) is 6.82. The molecule has 0 aromatic carbocycles. The Morgan fingerprint density at radius 3 is 2.79 bits per heavy atom. The highest BCUT2D eigenvalue weighted by Crippen LogP contribution is 2.16. The zero-order chi connectivity index (χ0) is 13.7. The van der Waals surface area contributed by atoms with Gasteiger partial charge in [0.2, 0.25) is 0 Å². The number of rotatable bonds is 6. The van der Waals surface area contributed by atoms with Gasteiger partial charge in [-0.1, -0.05) is 13.0 Å². The van der Waals surface area contributed by atoms with E-state index in [9.17, 15) is 0 Å². The second-order valence-electron chi connectivity index (χ2n) is 4.68. The van der Waals surface area contributed by atoms with Crippen LogP contribution in [0.15, 0.2) is 35.1 Å². The third-order valence-corrected chi connectivity index (χ3v) is 3.14. The number of nitrogens with one attached hydrogen (secondary N) is 1. The summed E-state index contributed by atoms with van der Waals surface area (Å²) in [5, 5.41) is 3.32. The first-order valence-corrected chi connectivity index (χ1v) is 6.60. The van der Waals surface area contributed by atoms with Crippen LogP contribution >= 0.6 is 0 Å². The standard InChI is InChI=1S/C15H21N3O/c1-4-16-9-14-5-6-15(17-12(14)2)18(3)10-13-7-8-19-11-13/h5-8,11,16H,4,9-10H2,1-3H3. The van der Waals surface area contributed by atoms with Gasteiger partial charge in [-0.25, -0.2) is 4.98 Å². The molecule has 2 aromatic rings. The van der Waals surface area contributed by atoms with Crippen molar-refractivity contribution in [3.8, 4) is 0 Å². The van der Waals surface area contributed by atoms with Crippen molar-refractivity contribution >= 4 is 5.82 Å². The molecule has 0 bridgehead atoms. The Labute approximate surface area is 114 Å². The van der Waals surface area contributed by atoms with Gasteiger partial charge >= 0.3 is 0 Å². The van der Waals surface area contributed by atoms with Gasteiger partial charge in [0.1, 0.15) is 5.82 Å². The van der Waals surface area contributed by atoms with Crippen molar-refractivity contribution in [3.05, 3.63) is 47.5 Å². The van der Waals surface area contributed by atoms with E-state index in [0.717, 1.165) is 36.7 Å². The molecule has 0 radical (unpaired) electrons. The third kappa shape index (κ3) is 3.58. The van der Waals surface area contributed by atoms with Gasteiger partial charge in [0.05, 0.1) is 12.5 Å². The molecule has 102 valence electrons. The maximum atomic E-state index is 5.08. The average Bonchev–Trinajstić information content (AvgIpc) is 2.90. The number of pyridine rings is 1. The average molecular weight is 259 g/mol. The molecule has 0 atom stereocenters. The van der Waals surface area contributed by atoms with Crippen LogP contribution in [0, 0.1) is 6.92 Å². The summed E-state index contributed by atoms with van der Waals surface area (Å²) in [6, 6.07) is 6.19. The Morgan fingerprint density at radius 1 is 1.32 bits per heavy atom. The minimum absolute atomic E-state index is 0.801. The molecular formula is C15H21N3O. The fraction of sp³-hybridized carbons (Fsp3) is 0.400. The van der Waals surface area contributed by atoms with Crippen molar-refractivity contribution in [2.24, 2.45) is 0 Å². The number of aromatic nitrogens is 1. The lowest BCUT2D eigenvalue weighted by molar-refractivity contribution is 0.563. The quantitative estimate of drug-likeness (QED) is 0.866. The highest BCUT2D eigenvalue weighted by molar-refractivity contribution is 5.41. The minimum atomic E-state index is 0.801. The van der Waals surface area contributed by atoms with Crippen molar-refractivity contribution < 1.29 is 4.42 Å². The van der Waals surface area contributed by atoms with Crippen LogP contribution in [-0.4, -0.2) is 18.6 Å². The van der Waals surface area contributed by atoms with Crippen LogP contribution in [0.1, 0.15) is 23.7 Å². The maximum Gasteiger partial charge on any atom is 0.128 e. The van der Waals surface area contributed by atoms with E-state index >= 15 is 0 Å². The topological polar surface area (TPSA) is 41.3 Å². The SMILES string of the molecule is CCNCc1ccc(N(C)Cc2ccoc2)nc1C. The summed E-state index contributed by atoms with van der Waals surface area (Å²) < 4.78 is 5.08. The van der Waals surface area contributed by atoms with E-state index in [1.54, 1.807) is 12.5 Å². The first kappa shape index (κ1) is 13.6. The second-order valence-corrected chi connectivity index (χ2v) is 4.68. The number of nitrogens with zero attached hydrogens (tertiary/aromatic N) is 2. The lowest BCUT2D eigenvalue weighted by atomic mass is 10.2. The van der Waals surface area contributed by atoms with Crippen molar-refractivity contribution in [2.75, 3.05) is 18.5 Å². The van der Waals surface area contributed by atoms with Crippen LogP contribution < -0.4 is 10.2 Å². The smallest absolute Gasteiger partial charge is 0.128 e. The summed E-state index contributed by atoms with van der Waals surface area (Å²) in [4.78, 5) is 6.78. The van der Waals surface area contributed by atoms with E-state index in [0.29, 0.717) is 0 Å². The predicted octanol–water partition coefficient (Wildman–Crippen LogP) is 2.73. The lowest BCUT2D eigenvalue weighted by Crippen LogP contribution is -2.19. The van der Waals surface area contributed by atoms with E-state index in [2.05, 4.69) is 41.2 Å². The molecule has 2 heterocycles. The Balaban J connectivity index is 2.06.